The van der Waals surface area contributed by atoms with E-state index in [1.165, 1.54) is 31.5 Å². The van der Waals surface area contributed by atoms with Crippen molar-refractivity contribution in [2.24, 2.45) is 0 Å². The van der Waals surface area contributed by atoms with Crippen LogP contribution in [0.25, 0.3) is 5.57 Å². The third-order valence-electron chi connectivity index (χ3n) is 5.82. The van der Waals surface area contributed by atoms with Crippen molar-refractivity contribution in [2.45, 2.75) is 25.7 Å². The highest BCUT2D eigenvalue weighted by Gasteiger charge is 2.11. The van der Waals surface area contributed by atoms with E-state index in [4.69, 9.17) is 9.47 Å². The fourth-order valence-corrected chi connectivity index (χ4v) is 3.97. The molecule has 0 saturated carbocycles. The summed E-state index contributed by atoms with van der Waals surface area (Å²) in [4.78, 5) is 11.6. The van der Waals surface area contributed by atoms with Crippen LogP contribution < -0.4 is 10.1 Å². The Morgan fingerprint density at radius 3 is 2.70 bits per heavy atom. The molecule has 0 radical (unpaired) electrons. The number of ether oxygens (including phenoxy) is 2. The summed E-state index contributed by atoms with van der Waals surface area (Å²) in [6.07, 6.45) is 12.1. The largest absolute Gasteiger partial charge is 0.501 e. The van der Waals surface area contributed by atoms with Crippen LogP contribution in [-0.4, -0.2) is 48.2 Å². The molecule has 1 saturated heterocycles. The smallest absolute Gasteiger partial charge is 0.227 e. The number of hydrogen-bond acceptors (Lipinski definition) is 6. The maximum Gasteiger partial charge on any atom is 0.227 e. The van der Waals surface area contributed by atoms with Crippen LogP contribution in [0.1, 0.15) is 31.2 Å². The van der Waals surface area contributed by atoms with Gasteiger partial charge >= 0.3 is 0 Å². The van der Waals surface area contributed by atoms with Gasteiger partial charge in [0.15, 0.2) is 0 Å². The van der Waals surface area contributed by atoms with Gasteiger partial charge in [-0.05, 0) is 67.8 Å². The van der Waals surface area contributed by atoms with Crippen LogP contribution in [0.2, 0.25) is 0 Å². The van der Waals surface area contributed by atoms with E-state index in [2.05, 4.69) is 32.3 Å². The molecule has 33 heavy (non-hydrogen) atoms. The molecule has 2 heterocycles. The van der Waals surface area contributed by atoms with Gasteiger partial charge in [-0.2, -0.15) is 0 Å². The molecule has 6 heteroatoms. The summed E-state index contributed by atoms with van der Waals surface area (Å²) >= 11 is 0. The van der Waals surface area contributed by atoms with Crippen LogP contribution in [0.5, 0.6) is 5.75 Å². The Morgan fingerprint density at radius 2 is 1.88 bits per heavy atom. The van der Waals surface area contributed by atoms with Gasteiger partial charge in [-0.15, -0.1) is 0 Å². The van der Waals surface area contributed by atoms with Gasteiger partial charge in [-0.25, -0.2) is 9.97 Å². The topological polar surface area (TPSA) is 59.5 Å². The average Bonchev–Trinajstić information content (AvgIpc) is 3.37. The van der Waals surface area contributed by atoms with Crippen LogP contribution in [-0.2, 0) is 4.74 Å². The standard InChI is InChI=1S/C27H32N4O2/c1-32-25-13-11-22(12-14-25)23-8-3-2-4-15-28-27(29-21-23)30-24-9-7-10-26(20-24)33-19-18-31-16-5-6-17-31/h2-4,7-11,13,15,20-21H,5-6,12,14,16-19H2,1H3,(H,28,29,30). The number of benzene rings is 1. The minimum absolute atomic E-state index is 0.520. The molecule has 1 aliphatic carbocycles. The number of aromatic nitrogens is 2. The Bertz CT molecular complexity index is 1040. The number of nitrogens with zero attached hydrogens (tertiary/aromatic N) is 3. The van der Waals surface area contributed by atoms with Crippen molar-refractivity contribution in [1.29, 1.82) is 0 Å². The molecule has 1 fully saturated rings. The van der Waals surface area contributed by atoms with Crippen molar-refractivity contribution in [2.75, 3.05) is 38.7 Å². The summed E-state index contributed by atoms with van der Waals surface area (Å²) < 4.78 is 11.3. The normalized spacial score (nSPS) is 15.8. The molecule has 2 aromatic rings. The highest BCUT2D eigenvalue weighted by atomic mass is 16.5. The van der Waals surface area contributed by atoms with E-state index in [1.54, 1.807) is 13.3 Å². The van der Waals surface area contributed by atoms with Crippen LogP contribution in [0.4, 0.5) is 11.6 Å². The molecule has 1 N–H and O–H groups in total. The van der Waals surface area contributed by atoms with Crippen LogP contribution in [0, 0.1) is 0 Å². The van der Waals surface area contributed by atoms with E-state index >= 15 is 0 Å². The highest BCUT2D eigenvalue weighted by molar-refractivity contribution is 5.67. The van der Waals surface area contributed by atoms with Gasteiger partial charge in [0.25, 0.3) is 0 Å². The lowest BCUT2D eigenvalue weighted by Gasteiger charge is -2.15. The molecular weight excluding hydrogens is 412 g/mol. The second kappa shape index (κ2) is 12.0. The average molecular weight is 445 g/mol. The predicted octanol–water partition coefficient (Wildman–Crippen LogP) is 5.53. The monoisotopic (exact) mass is 444 g/mol. The quantitative estimate of drug-likeness (QED) is 0.578. The van der Waals surface area contributed by atoms with Gasteiger partial charge in [0.05, 0.1) is 12.9 Å². The molecule has 0 unspecified atom stereocenters. The van der Waals surface area contributed by atoms with Crippen molar-refractivity contribution in [3.8, 4) is 5.75 Å². The Hall–Kier alpha value is -3.38. The van der Waals surface area contributed by atoms with Gasteiger partial charge in [0.1, 0.15) is 12.4 Å². The number of allylic oxidation sites excluding steroid dienone is 4. The molecule has 1 aromatic heterocycles. The lowest BCUT2D eigenvalue weighted by atomic mass is 9.98. The summed E-state index contributed by atoms with van der Waals surface area (Å²) in [5.41, 5.74) is 3.17. The van der Waals surface area contributed by atoms with Gasteiger partial charge in [-0.3, -0.25) is 4.90 Å². The van der Waals surface area contributed by atoms with Gasteiger partial charge < -0.3 is 14.8 Å². The van der Waals surface area contributed by atoms with E-state index < -0.39 is 0 Å². The Kier molecular flexibility index (Phi) is 8.30. The predicted molar refractivity (Wildman–Crippen MR) is 133 cm³/mol. The Morgan fingerprint density at radius 1 is 0.970 bits per heavy atom. The summed E-state index contributed by atoms with van der Waals surface area (Å²) in [5, 5.41) is 3.32. The number of anilines is 2. The molecule has 0 amide bonds. The molecule has 0 bridgehead atoms. The minimum atomic E-state index is 0.520. The van der Waals surface area contributed by atoms with Crippen LogP contribution in [0.3, 0.4) is 0 Å². The molecule has 1 aromatic carbocycles. The fraction of sp³-hybridized carbons (Fsp3) is 0.333. The molecule has 6 nitrogen and oxygen atoms in total. The third-order valence-corrected chi connectivity index (χ3v) is 5.82. The second-order valence-electron chi connectivity index (χ2n) is 8.14. The van der Waals surface area contributed by atoms with Crippen molar-refractivity contribution >= 4 is 17.2 Å². The lowest BCUT2D eigenvalue weighted by molar-refractivity contribution is 0.238. The van der Waals surface area contributed by atoms with Crippen LogP contribution >= 0.6 is 0 Å². The van der Waals surface area contributed by atoms with E-state index in [1.807, 2.05) is 54.7 Å². The zero-order valence-corrected chi connectivity index (χ0v) is 19.2. The molecule has 172 valence electrons. The molecule has 4 rings (SSSR count). The van der Waals surface area contributed by atoms with Crippen molar-refractivity contribution in [3.63, 3.8) is 0 Å². The maximum absolute atomic E-state index is 5.98. The first kappa shape index (κ1) is 22.8. The van der Waals surface area contributed by atoms with Gasteiger partial charge in [-0.1, -0.05) is 30.3 Å². The van der Waals surface area contributed by atoms with E-state index in [-0.39, 0.29) is 0 Å². The van der Waals surface area contributed by atoms with Crippen molar-refractivity contribution in [3.05, 3.63) is 84.4 Å². The molecule has 0 atom stereocenters. The van der Waals surface area contributed by atoms with E-state index in [0.29, 0.717) is 12.6 Å². The molecule has 2 aliphatic rings. The number of nitrogens with one attached hydrogen (secondary N) is 1. The summed E-state index contributed by atoms with van der Waals surface area (Å²) in [7, 11) is 1.71. The number of hydrogen-bond donors (Lipinski definition) is 1. The first-order valence-electron chi connectivity index (χ1n) is 11.6. The number of likely N-dealkylation sites (tertiary alicyclic amines) is 1. The number of rotatable bonds is 8. The van der Waals surface area contributed by atoms with E-state index in [0.717, 1.165) is 42.1 Å². The zero-order chi connectivity index (χ0) is 22.7. The Balaban J connectivity index is 1.47. The van der Waals surface area contributed by atoms with Gasteiger partial charge in [0, 0.05) is 37.1 Å². The molecule has 0 spiro atoms. The van der Waals surface area contributed by atoms with Crippen LogP contribution in [0.15, 0.2) is 78.8 Å². The third kappa shape index (κ3) is 7.05. The molecular formula is C27H32N4O2. The van der Waals surface area contributed by atoms with Gasteiger partial charge in [0.2, 0.25) is 5.95 Å². The maximum atomic E-state index is 5.98. The molecule has 1 aliphatic heterocycles. The van der Waals surface area contributed by atoms with Crippen molar-refractivity contribution in [1.82, 2.24) is 14.9 Å². The zero-order valence-electron chi connectivity index (χ0n) is 19.2. The van der Waals surface area contributed by atoms with Crippen molar-refractivity contribution < 1.29 is 9.47 Å². The number of methoxy groups -OCH3 is 1. The minimum Gasteiger partial charge on any atom is -0.501 e. The SMILES string of the molecule is COC1=CC=C(c2cccccnc(Nc3cccc(OCCN4CCCC4)c3)nc2)CC1. The Labute approximate surface area is 196 Å². The first-order valence-corrected chi connectivity index (χ1v) is 11.6. The summed E-state index contributed by atoms with van der Waals surface area (Å²) in [6.45, 7) is 4.03. The highest BCUT2D eigenvalue weighted by Crippen LogP contribution is 2.26. The van der Waals surface area contributed by atoms with E-state index in [9.17, 15) is 0 Å². The lowest BCUT2D eigenvalue weighted by Crippen LogP contribution is -2.25. The first-order chi connectivity index (χ1) is 16.3. The summed E-state index contributed by atoms with van der Waals surface area (Å²) in [5.74, 6) is 2.36. The second-order valence-corrected chi connectivity index (χ2v) is 8.14. The summed E-state index contributed by atoms with van der Waals surface area (Å²) in [6, 6.07) is 15.9. The fourth-order valence-electron chi connectivity index (χ4n) is 3.97.